The number of hydrogen-bond acceptors (Lipinski definition) is 5. The van der Waals surface area contributed by atoms with Gasteiger partial charge >= 0.3 is 0 Å². The Morgan fingerprint density at radius 1 is 1.13 bits per heavy atom. The van der Waals surface area contributed by atoms with E-state index < -0.39 is 10.0 Å². The molecule has 0 unspecified atom stereocenters. The number of nitrogens with zero attached hydrogens (tertiary/aromatic N) is 1. The van der Waals surface area contributed by atoms with Crippen LogP contribution >= 0.6 is 11.3 Å². The van der Waals surface area contributed by atoms with Gasteiger partial charge in [0.2, 0.25) is 15.9 Å². The molecule has 0 radical (unpaired) electrons. The van der Waals surface area contributed by atoms with Crippen LogP contribution in [0, 0.1) is 13.8 Å². The normalized spacial score (nSPS) is 11.5. The van der Waals surface area contributed by atoms with E-state index in [1.165, 1.54) is 21.7 Å². The molecule has 0 aliphatic heterocycles. The maximum atomic E-state index is 12.8. The van der Waals surface area contributed by atoms with Gasteiger partial charge in [-0.1, -0.05) is 13.8 Å². The van der Waals surface area contributed by atoms with Crippen molar-refractivity contribution in [2.45, 2.75) is 45.4 Å². The minimum Gasteiger partial charge on any atom is -0.352 e. The van der Waals surface area contributed by atoms with Crippen molar-refractivity contribution in [1.29, 1.82) is 0 Å². The number of thiophene rings is 1. The third kappa shape index (κ3) is 5.90. The van der Waals surface area contributed by atoms with Crippen LogP contribution in [-0.4, -0.2) is 44.2 Å². The van der Waals surface area contributed by atoms with Crippen LogP contribution in [0.1, 0.15) is 48.2 Å². The van der Waals surface area contributed by atoms with Crippen molar-refractivity contribution >= 4 is 38.9 Å². The van der Waals surface area contributed by atoms with Crippen LogP contribution in [0.25, 0.3) is 0 Å². The van der Waals surface area contributed by atoms with Crippen LogP contribution in [0.2, 0.25) is 0 Å². The first kappa shape index (κ1) is 24.0. The summed E-state index contributed by atoms with van der Waals surface area (Å²) in [6.07, 6.45) is 0.701. The fourth-order valence-corrected chi connectivity index (χ4v) is 5.18. The van der Waals surface area contributed by atoms with Gasteiger partial charge in [0, 0.05) is 42.7 Å². The lowest BCUT2D eigenvalue weighted by Gasteiger charge is -2.20. The van der Waals surface area contributed by atoms with Gasteiger partial charge in [-0.15, -0.1) is 0 Å². The predicted molar refractivity (Wildman–Crippen MR) is 121 cm³/mol. The second kappa shape index (κ2) is 10.7. The molecule has 2 aromatic rings. The Bertz CT molecular complexity index is 982. The van der Waals surface area contributed by atoms with Crippen LogP contribution in [0.4, 0.5) is 5.69 Å². The molecule has 0 aliphatic rings. The number of rotatable bonds is 10. The molecular weight excluding hydrogens is 422 g/mol. The largest absolute Gasteiger partial charge is 0.352 e. The van der Waals surface area contributed by atoms with Crippen molar-refractivity contribution in [2.75, 3.05) is 25.0 Å². The van der Waals surface area contributed by atoms with Crippen molar-refractivity contribution in [3.05, 3.63) is 45.6 Å². The Kier molecular flexibility index (Phi) is 8.57. The molecule has 164 valence electrons. The zero-order valence-electron chi connectivity index (χ0n) is 17.8. The summed E-state index contributed by atoms with van der Waals surface area (Å²) in [6.45, 7) is 8.40. The van der Waals surface area contributed by atoms with Crippen molar-refractivity contribution in [3.63, 3.8) is 0 Å². The molecule has 9 heteroatoms. The number of benzene rings is 1. The first-order chi connectivity index (χ1) is 14.2. The molecule has 7 nitrogen and oxygen atoms in total. The van der Waals surface area contributed by atoms with Gasteiger partial charge in [0.1, 0.15) is 0 Å². The second-order valence-electron chi connectivity index (χ2n) is 6.92. The third-order valence-corrected chi connectivity index (χ3v) is 7.62. The standard InChI is InChI=1S/C21H29N3O4S2/c1-5-24(6-2)30(27,28)18-12-15(3)16(4)19(13-18)23-20(25)8-7-10-22-21(26)17-9-11-29-14-17/h9,11-14H,5-8,10H2,1-4H3,(H,22,26)(H,23,25). The molecule has 0 bridgehead atoms. The lowest BCUT2D eigenvalue weighted by molar-refractivity contribution is -0.116. The van der Waals surface area contributed by atoms with Crippen LogP contribution in [0.3, 0.4) is 0 Å². The monoisotopic (exact) mass is 451 g/mol. The first-order valence-electron chi connectivity index (χ1n) is 9.92. The van der Waals surface area contributed by atoms with Gasteiger partial charge in [0.15, 0.2) is 0 Å². The molecule has 0 saturated heterocycles. The van der Waals surface area contributed by atoms with Gasteiger partial charge in [0.05, 0.1) is 4.90 Å². The van der Waals surface area contributed by atoms with Gasteiger partial charge in [-0.2, -0.15) is 15.6 Å². The molecule has 2 rings (SSSR count). The van der Waals surface area contributed by atoms with E-state index in [1.807, 2.05) is 19.2 Å². The summed E-state index contributed by atoms with van der Waals surface area (Å²) in [5, 5.41) is 9.21. The Morgan fingerprint density at radius 3 is 2.43 bits per heavy atom. The molecule has 1 heterocycles. The zero-order valence-corrected chi connectivity index (χ0v) is 19.5. The van der Waals surface area contributed by atoms with E-state index in [0.717, 1.165) is 11.1 Å². The van der Waals surface area contributed by atoms with Gasteiger partial charge in [0.25, 0.3) is 5.91 Å². The van der Waals surface area contributed by atoms with Gasteiger partial charge in [-0.3, -0.25) is 9.59 Å². The number of aryl methyl sites for hydroxylation is 1. The molecule has 0 saturated carbocycles. The number of sulfonamides is 1. The SMILES string of the molecule is CCN(CC)S(=O)(=O)c1cc(C)c(C)c(NC(=O)CCCNC(=O)c2ccsc2)c1. The van der Waals surface area contributed by atoms with E-state index >= 15 is 0 Å². The van der Waals surface area contributed by atoms with Crippen molar-refractivity contribution in [1.82, 2.24) is 9.62 Å². The summed E-state index contributed by atoms with van der Waals surface area (Å²) in [4.78, 5) is 24.4. The highest BCUT2D eigenvalue weighted by molar-refractivity contribution is 7.89. The minimum atomic E-state index is -3.62. The summed E-state index contributed by atoms with van der Waals surface area (Å²) >= 11 is 1.45. The highest BCUT2D eigenvalue weighted by Crippen LogP contribution is 2.26. The molecule has 0 spiro atoms. The number of anilines is 1. The van der Waals surface area contributed by atoms with Crippen molar-refractivity contribution < 1.29 is 18.0 Å². The molecular formula is C21H29N3O4S2. The third-order valence-electron chi connectivity index (χ3n) is 4.91. The lowest BCUT2D eigenvalue weighted by atomic mass is 10.1. The van der Waals surface area contributed by atoms with E-state index in [9.17, 15) is 18.0 Å². The number of nitrogens with one attached hydrogen (secondary N) is 2. The van der Waals surface area contributed by atoms with Gasteiger partial charge < -0.3 is 10.6 Å². The lowest BCUT2D eigenvalue weighted by Crippen LogP contribution is -2.30. The molecule has 0 fully saturated rings. The number of hydrogen-bond donors (Lipinski definition) is 2. The molecule has 0 aliphatic carbocycles. The summed E-state index contributed by atoms with van der Waals surface area (Å²) in [5.74, 6) is -0.378. The summed E-state index contributed by atoms with van der Waals surface area (Å²) in [7, 11) is -3.62. The highest BCUT2D eigenvalue weighted by Gasteiger charge is 2.23. The smallest absolute Gasteiger partial charge is 0.252 e. The first-order valence-corrected chi connectivity index (χ1v) is 12.3. The van der Waals surface area contributed by atoms with E-state index in [-0.39, 0.29) is 23.1 Å². The van der Waals surface area contributed by atoms with Crippen LogP contribution in [-0.2, 0) is 14.8 Å². The molecule has 2 amide bonds. The molecule has 1 aromatic heterocycles. The fraction of sp³-hybridized carbons (Fsp3) is 0.429. The second-order valence-corrected chi connectivity index (χ2v) is 9.64. The van der Waals surface area contributed by atoms with Crippen LogP contribution in [0.15, 0.2) is 33.9 Å². The van der Waals surface area contributed by atoms with Crippen molar-refractivity contribution in [2.24, 2.45) is 0 Å². The molecule has 1 aromatic carbocycles. The number of carbonyl (C=O) groups is 2. The Balaban J connectivity index is 2.00. The fourth-order valence-electron chi connectivity index (χ4n) is 2.98. The number of amides is 2. The van der Waals surface area contributed by atoms with Crippen molar-refractivity contribution in [3.8, 4) is 0 Å². The Labute approximate surface area is 182 Å². The van der Waals surface area contributed by atoms with E-state index in [2.05, 4.69) is 10.6 Å². The Morgan fingerprint density at radius 2 is 1.83 bits per heavy atom. The summed E-state index contributed by atoms with van der Waals surface area (Å²) in [5.41, 5.74) is 2.73. The predicted octanol–water partition coefficient (Wildman–Crippen LogP) is 3.54. The summed E-state index contributed by atoms with van der Waals surface area (Å²) < 4.78 is 27.1. The van der Waals surface area contributed by atoms with E-state index in [1.54, 1.807) is 31.4 Å². The van der Waals surface area contributed by atoms with Gasteiger partial charge in [-0.05, 0) is 55.0 Å². The Hall–Kier alpha value is -2.23. The molecule has 0 atom stereocenters. The maximum Gasteiger partial charge on any atom is 0.252 e. The van der Waals surface area contributed by atoms with E-state index in [4.69, 9.17) is 0 Å². The average molecular weight is 452 g/mol. The highest BCUT2D eigenvalue weighted by atomic mass is 32.2. The average Bonchev–Trinajstić information content (AvgIpc) is 3.24. The van der Waals surface area contributed by atoms with Crippen LogP contribution < -0.4 is 10.6 Å². The zero-order chi connectivity index (χ0) is 22.3. The quantitative estimate of drug-likeness (QED) is 0.540. The van der Waals surface area contributed by atoms with E-state index in [0.29, 0.717) is 37.3 Å². The molecule has 30 heavy (non-hydrogen) atoms. The molecule has 2 N–H and O–H groups in total. The van der Waals surface area contributed by atoms with Gasteiger partial charge in [-0.25, -0.2) is 8.42 Å². The maximum absolute atomic E-state index is 12.8. The minimum absolute atomic E-state index is 0.155. The summed E-state index contributed by atoms with van der Waals surface area (Å²) in [6, 6.07) is 4.90. The topological polar surface area (TPSA) is 95.6 Å². The van der Waals surface area contributed by atoms with Crippen LogP contribution in [0.5, 0.6) is 0 Å². The number of carbonyl (C=O) groups excluding carboxylic acids is 2.